The van der Waals surface area contributed by atoms with E-state index in [-0.39, 0.29) is 11.8 Å². The van der Waals surface area contributed by atoms with Gasteiger partial charge >= 0.3 is 0 Å². The molecule has 0 aliphatic carbocycles. The number of amides is 2. The summed E-state index contributed by atoms with van der Waals surface area (Å²) >= 11 is 0. The van der Waals surface area contributed by atoms with Crippen LogP contribution in [0.1, 0.15) is 15.9 Å². The van der Waals surface area contributed by atoms with Crippen molar-refractivity contribution in [2.75, 3.05) is 33.5 Å². The van der Waals surface area contributed by atoms with E-state index < -0.39 is 0 Å². The van der Waals surface area contributed by atoms with E-state index in [1.54, 1.807) is 56.6 Å². The molecule has 0 saturated carbocycles. The quantitative estimate of drug-likeness (QED) is 0.684. The molecule has 3 aromatic rings. The SMILES string of the molecule is CN(C)C(=O)Cc1cncc(Nc2ccc(-c3ccc(C(=O)N(C)C)cc3)cn2)c1. The fourth-order valence-electron chi connectivity index (χ4n) is 2.84. The molecule has 0 unspecified atom stereocenters. The van der Waals surface area contributed by atoms with Crippen LogP contribution in [0.5, 0.6) is 0 Å². The summed E-state index contributed by atoms with van der Waals surface area (Å²) in [7, 11) is 6.93. The summed E-state index contributed by atoms with van der Waals surface area (Å²) in [6.45, 7) is 0. The number of likely N-dealkylation sites (N-methyl/N-ethyl adjacent to an activating group) is 1. The zero-order valence-electron chi connectivity index (χ0n) is 17.6. The number of hydrogen-bond donors (Lipinski definition) is 1. The first-order chi connectivity index (χ1) is 14.3. The number of rotatable bonds is 6. The lowest BCUT2D eigenvalue weighted by atomic mass is 10.1. The van der Waals surface area contributed by atoms with Gasteiger partial charge in [-0.05, 0) is 41.5 Å². The Hall–Kier alpha value is -3.74. The van der Waals surface area contributed by atoms with Gasteiger partial charge in [-0.25, -0.2) is 4.98 Å². The molecule has 0 atom stereocenters. The minimum Gasteiger partial charge on any atom is -0.349 e. The van der Waals surface area contributed by atoms with Crippen molar-refractivity contribution in [1.29, 1.82) is 0 Å². The van der Waals surface area contributed by atoms with Gasteiger partial charge in [0.15, 0.2) is 0 Å². The van der Waals surface area contributed by atoms with Gasteiger partial charge in [-0.15, -0.1) is 0 Å². The van der Waals surface area contributed by atoms with Crippen LogP contribution in [0.3, 0.4) is 0 Å². The summed E-state index contributed by atoms with van der Waals surface area (Å²) in [6, 6.07) is 13.2. The number of nitrogens with one attached hydrogen (secondary N) is 1. The molecule has 0 saturated heterocycles. The summed E-state index contributed by atoms with van der Waals surface area (Å²) in [5.41, 5.74) is 4.19. The molecule has 154 valence electrons. The number of pyridine rings is 2. The number of nitrogens with zero attached hydrogens (tertiary/aromatic N) is 4. The van der Waals surface area contributed by atoms with E-state index in [0.717, 1.165) is 22.4 Å². The van der Waals surface area contributed by atoms with Crippen LogP contribution in [0, 0.1) is 0 Å². The maximum absolute atomic E-state index is 12.0. The summed E-state index contributed by atoms with van der Waals surface area (Å²) in [5.74, 6) is 0.674. The molecule has 7 nitrogen and oxygen atoms in total. The van der Waals surface area contributed by atoms with Gasteiger partial charge in [0.05, 0.1) is 18.3 Å². The fourth-order valence-corrected chi connectivity index (χ4v) is 2.84. The van der Waals surface area contributed by atoms with Gasteiger partial charge in [0.1, 0.15) is 5.82 Å². The number of benzene rings is 1. The van der Waals surface area contributed by atoms with Crippen LogP contribution in [0.25, 0.3) is 11.1 Å². The molecular weight excluding hydrogens is 378 g/mol. The van der Waals surface area contributed by atoms with E-state index in [2.05, 4.69) is 15.3 Å². The molecular formula is C23H25N5O2. The molecule has 0 radical (unpaired) electrons. The van der Waals surface area contributed by atoms with Crippen LogP contribution < -0.4 is 5.32 Å². The van der Waals surface area contributed by atoms with E-state index in [0.29, 0.717) is 17.8 Å². The van der Waals surface area contributed by atoms with E-state index in [1.165, 1.54) is 0 Å². The lowest BCUT2D eigenvalue weighted by Crippen LogP contribution is -2.23. The van der Waals surface area contributed by atoms with E-state index >= 15 is 0 Å². The lowest BCUT2D eigenvalue weighted by molar-refractivity contribution is -0.127. The van der Waals surface area contributed by atoms with Crippen molar-refractivity contribution in [2.24, 2.45) is 0 Å². The third-order valence-corrected chi connectivity index (χ3v) is 4.56. The molecule has 2 aromatic heterocycles. The minimum atomic E-state index is -0.0256. The third-order valence-electron chi connectivity index (χ3n) is 4.56. The van der Waals surface area contributed by atoms with Crippen LogP contribution >= 0.6 is 0 Å². The molecule has 0 aliphatic heterocycles. The average Bonchev–Trinajstić information content (AvgIpc) is 2.74. The maximum atomic E-state index is 12.0. The Labute approximate surface area is 176 Å². The number of hydrogen-bond acceptors (Lipinski definition) is 5. The Balaban J connectivity index is 1.69. The fraction of sp³-hybridized carbons (Fsp3) is 0.217. The van der Waals surface area contributed by atoms with Gasteiger partial charge in [-0.1, -0.05) is 12.1 Å². The Kier molecular flexibility index (Phi) is 6.41. The van der Waals surface area contributed by atoms with Crippen molar-refractivity contribution in [3.8, 4) is 11.1 Å². The Morgan fingerprint density at radius 2 is 1.57 bits per heavy atom. The van der Waals surface area contributed by atoms with Crippen LogP contribution in [-0.2, 0) is 11.2 Å². The largest absolute Gasteiger partial charge is 0.349 e. The van der Waals surface area contributed by atoms with Crippen LogP contribution in [0.4, 0.5) is 11.5 Å². The highest BCUT2D eigenvalue weighted by molar-refractivity contribution is 5.94. The van der Waals surface area contributed by atoms with Crippen LogP contribution in [-0.4, -0.2) is 59.8 Å². The lowest BCUT2D eigenvalue weighted by Gasteiger charge is -2.12. The van der Waals surface area contributed by atoms with Gasteiger partial charge < -0.3 is 15.1 Å². The average molecular weight is 403 g/mol. The van der Waals surface area contributed by atoms with E-state index in [9.17, 15) is 9.59 Å². The summed E-state index contributed by atoms with van der Waals surface area (Å²) in [6.07, 6.45) is 5.46. The van der Waals surface area contributed by atoms with Crippen molar-refractivity contribution < 1.29 is 9.59 Å². The predicted molar refractivity (Wildman–Crippen MR) is 118 cm³/mol. The highest BCUT2D eigenvalue weighted by Gasteiger charge is 2.09. The molecule has 2 heterocycles. The van der Waals surface area contributed by atoms with E-state index in [4.69, 9.17) is 0 Å². The molecule has 0 fully saturated rings. The number of carbonyl (C=O) groups is 2. The maximum Gasteiger partial charge on any atom is 0.253 e. The third kappa shape index (κ3) is 5.20. The van der Waals surface area contributed by atoms with Crippen LogP contribution in [0.15, 0.2) is 61.1 Å². The topological polar surface area (TPSA) is 78.4 Å². The Morgan fingerprint density at radius 1 is 0.867 bits per heavy atom. The molecule has 7 heteroatoms. The predicted octanol–water partition coefficient (Wildman–Crippen LogP) is 3.22. The molecule has 2 amide bonds. The monoisotopic (exact) mass is 403 g/mol. The van der Waals surface area contributed by atoms with E-state index in [1.807, 2.05) is 42.5 Å². The highest BCUT2D eigenvalue weighted by atomic mass is 16.2. The van der Waals surface area contributed by atoms with Gasteiger partial charge in [-0.3, -0.25) is 14.6 Å². The molecule has 1 aromatic carbocycles. The molecule has 3 rings (SSSR count). The first-order valence-electron chi connectivity index (χ1n) is 9.53. The van der Waals surface area contributed by atoms with Crippen LogP contribution in [0.2, 0.25) is 0 Å². The standard InChI is InChI=1S/C23H25N5O2/c1-27(2)22(29)12-16-11-20(15-24-13-16)26-21-10-9-19(14-25-21)17-5-7-18(8-6-17)23(30)28(3)4/h5-11,13-15H,12H2,1-4H3,(H,25,26). The first-order valence-corrected chi connectivity index (χ1v) is 9.53. The second kappa shape index (κ2) is 9.17. The normalized spacial score (nSPS) is 10.4. The van der Waals surface area contributed by atoms with Crippen molar-refractivity contribution in [2.45, 2.75) is 6.42 Å². The van der Waals surface area contributed by atoms with Gasteiger partial charge in [-0.2, -0.15) is 0 Å². The second-order valence-corrected chi connectivity index (χ2v) is 7.38. The van der Waals surface area contributed by atoms with Crippen molar-refractivity contribution in [1.82, 2.24) is 19.8 Å². The first kappa shape index (κ1) is 21.0. The molecule has 1 N–H and O–H groups in total. The smallest absolute Gasteiger partial charge is 0.253 e. The summed E-state index contributed by atoms with van der Waals surface area (Å²) in [4.78, 5) is 35.7. The second-order valence-electron chi connectivity index (χ2n) is 7.38. The molecule has 0 aliphatic rings. The summed E-state index contributed by atoms with van der Waals surface area (Å²) < 4.78 is 0. The number of carbonyl (C=O) groups excluding carboxylic acids is 2. The van der Waals surface area contributed by atoms with Crippen molar-refractivity contribution in [3.63, 3.8) is 0 Å². The zero-order valence-corrected chi connectivity index (χ0v) is 17.6. The zero-order chi connectivity index (χ0) is 21.7. The van der Waals surface area contributed by atoms with Gasteiger partial charge in [0.2, 0.25) is 5.91 Å². The molecule has 0 bridgehead atoms. The number of aromatic nitrogens is 2. The highest BCUT2D eigenvalue weighted by Crippen LogP contribution is 2.22. The Bertz CT molecular complexity index is 1030. The Morgan fingerprint density at radius 3 is 2.17 bits per heavy atom. The van der Waals surface area contributed by atoms with Crippen molar-refractivity contribution in [3.05, 3.63) is 72.2 Å². The number of anilines is 2. The molecule has 0 spiro atoms. The van der Waals surface area contributed by atoms with Gasteiger partial charge in [0, 0.05) is 51.7 Å². The minimum absolute atomic E-state index is 0.0229. The summed E-state index contributed by atoms with van der Waals surface area (Å²) in [5, 5.41) is 3.21. The van der Waals surface area contributed by atoms with Gasteiger partial charge in [0.25, 0.3) is 5.91 Å². The van der Waals surface area contributed by atoms with Crippen molar-refractivity contribution >= 4 is 23.3 Å². The molecule has 30 heavy (non-hydrogen) atoms.